The molecule has 0 saturated heterocycles. The van der Waals surface area contributed by atoms with Gasteiger partial charge in [0.1, 0.15) is 0 Å². The minimum Gasteiger partial charge on any atom is -0.310 e. The SMILES string of the molecule is C[C@H](NC[C@@H]1CC2c3ccccc3C1c1ccccc12)c1ccccc1. The Bertz CT molecular complexity index is 867. The van der Waals surface area contributed by atoms with Crippen molar-refractivity contribution in [3.8, 4) is 0 Å². The second-order valence-corrected chi connectivity index (χ2v) is 7.82. The first-order chi connectivity index (χ1) is 12.8. The molecule has 1 heteroatoms. The molecule has 0 heterocycles. The maximum absolute atomic E-state index is 3.82. The quantitative estimate of drug-likeness (QED) is 0.649. The molecule has 0 spiro atoms. The van der Waals surface area contributed by atoms with E-state index in [1.165, 1.54) is 12.0 Å². The van der Waals surface area contributed by atoms with E-state index in [9.17, 15) is 0 Å². The van der Waals surface area contributed by atoms with Gasteiger partial charge in [-0.05, 0) is 53.6 Å². The first-order valence-corrected chi connectivity index (χ1v) is 9.79. The fraction of sp³-hybridized carbons (Fsp3) is 0.280. The molecule has 0 unspecified atom stereocenters. The summed E-state index contributed by atoms with van der Waals surface area (Å²) in [4.78, 5) is 0. The van der Waals surface area contributed by atoms with Gasteiger partial charge >= 0.3 is 0 Å². The van der Waals surface area contributed by atoms with Crippen LogP contribution in [0.1, 0.15) is 59.0 Å². The highest BCUT2D eigenvalue weighted by Gasteiger charge is 2.42. The van der Waals surface area contributed by atoms with Crippen molar-refractivity contribution in [3.63, 3.8) is 0 Å². The predicted molar refractivity (Wildman–Crippen MR) is 108 cm³/mol. The normalized spacial score (nSPS) is 24.0. The van der Waals surface area contributed by atoms with Crippen molar-refractivity contribution in [3.05, 3.63) is 107 Å². The van der Waals surface area contributed by atoms with Crippen molar-refractivity contribution in [2.45, 2.75) is 31.2 Å². The zero-order chi connectivity index (χ0) is 17.5. The van der Waals surface area contributed by atoms with Crippen molar-refractivity contribution < 1.29 is 0 Å². The van der Waals surface area contributed by atoms with Crippen LogP contribution in [0, 0.1) is 5.92 Å². The lowest BCUT2D eigenvalue weighted by molar-refractivity contribution is 0.328. The standard InChI is InChI=1S/C25H25N/c1-17(18-9-3-2-4-10-18)26-16-19-15-24-20-11-5-7-13-22(20)25(19)23-14-8-6-12-21(23)24/h2-14,17,19,24-26H,15-16H2,1H3/t17-,19-,24?,25?/m0/s1. The van der Waals surface area contributed by atoms with Crippen molar-refractivity contribution in [1.29, 1.82) is 0 Å². The molecule has 0 radical (unpaired) electrons. The first-order valence-electron chi connectivity index (χ1n) is 9.79. The summed E-state index contributed by atoms with van der Waals surface area (Å²) in [6, 6.07) is 29.4. The summed E-state index contributed by atoms with van der Waals surface area (Å²) < 4.78 is 0. The zero-order valence-electron chi connectivity index (χ0n) is 15.2. The van der Waals surface area contributed by atoms with Gasteiger partial charge in [0, 0.05) is 17.9 Å². The molecule has 1 nitrogen and oxygen atoms in total. The van der Waals surface area contributed by atoms with E-state index in [-0.39, 0.29) is 0 Å². The van der Waals surface area contributed by atoms with Crippen LogP contribution in [0.2, 0.25) is 0 Å². The average molecular weight is 339 g/mol. The smallest absolute Gasteiger partial charge is 0.0291 e. The van der Waals surface area contributed by atoms with E-state index in [0.29, 0.717) is 23.8 Å². The van der Waals surface area contributed by atoms with E-state index in [1.807, 2.05) is 0 Å². The Kier molecular flexibility index (Phi) is 3.90. The third-order valence-corrected chi connectivity index (χ3v) is 6.41. The third kappa shape index (κ3) is 2.50. The summed E-state index contributed by atoms with van der Waals surface area (Å²) in [5.74, 6) is 1.75. The topological polar surface area (TPSA) is 12.0 Å². The van der Waals surface area contributed by atoms with Crippen LogP contribution in [0.4, 0.5) is 0 Å². The molecule has 0 aliphatic heterocycles. The minimum absolute atomic E-state index is 0.391. The molecule has 0 aromatic heterocycles. The van der Waals surface area contributed by atoms with Crippen LogP contribution < -0.4 is 5.32 Å². The van der Waals surface area contributed by atoms with E-state index in [4.69, 9.17) is 0 Å². The largest absolute Gasteiger partial charge is 0.310 e. The Morgan fingerprint density at radius 2 is 1.31 bits per heavy atom. The van der Waals surface area contributed by atoms with Crippen LogP contribution in [-0.4, -0.2) is 6.54 Å². The number of fused-ring (bicyclic) bond motifs is 1. The molecule has 0 saturated carbocycles. The lowest BCUT2D eigenvalue weighted by Crippen LogP contribution is -2.38. The van der Waals surface area contributed by atoms with Crippen molar-refractivity contribution in [2.75, 3.05) is 6.54 Å². The number of rotatable bonds is 4. The number of hydrogen-bond acceptors (Lipinski definition) is 1. The van der Waals surface area contributed by atoms with Crippen LogP contribution in [0.5, 0.6) is 0 Å². The molecule has 130 valence electrons. The van der Waals surface area contributed by atoms with Crippen molar-refractivity contribution in [1.82, 2.24) is 5.32 Å². The van der Waals surface area contributed by atoms with Gasteiger partial charge < -0.3 is 5.32 Å². The number of benzene rings is 3. The van der Waals surface area contributed by atoms with Crippen molar-refractivity contribution in [2.24, 2.45) is 5.92 Å². The highest BCUT2D eigenvalue weighted by molar-refractivity contribution is 5.55. The lowest BCUT2D eigenvalue weighted by Gasteiger charge is -2.46. The average Bonchev–Trinajstić information content (AvgIpc) is 2.73. The molecule has 26 heavy (non-hydrogen) atoms. The maximum Gasteiger partial charge on any atom is 0.0291 e. The Morgan fingerprint density at radius 1 is 0.769 bits per heavy atom. The molecule has 3 aromatic rings. The molecule has 3 aromatic carbocycles. The molecular formula is C25H25N. The van der Waals surface area contributed by atoms with E-state index in [0.717, 1.165) is 6.54 Å². The molecule has 0 fully saturated rings. The predicted octanol–water partition coefficient (Wildman–Crippen LogP) is 5.63. The summed E-state index contributed by atoms with van der Waals surface area (Å²) in [7, 11) is 0. The van der Waals surface area contributed by atoms with Crippen LogP contribution in [0.25, 0.3) is 0 Å². The Hall–Kier alpha value is -2.38. The minimum atomic E-state index is 0.391. The molecular weight excluding hydrogens is 314 g/mol. The molecule has 0 amide bonds. The van der Waals surface area contributed by atoms with Gasteiger partial charge in [-0.3, -0.25) is 0 Å². The van der Waals surface area contributed by atoms with Crippen LogP contribution in [-0.2, 0) is 0 Å². The molecule has 2 atom stereocenters. The van der Waals surface area contributed by atoms with Gasteiger partial charge in [-0.2, -0.15) is 0 Å². The van der Waals surface area contributed by atoms with Crippen LogP contribution >= 0.6 is 0 Å². The fourth-order valence-electron chi connectivity index (χ4n) is 5.15. The van der Waals surface area contributed by atoms with E-state index >= 15 is 0 Å². The second-order valence-electron chi connectivity index (χ2n) is 7.82. The maximum atomic E-state index is 3.82. The van der Waals surface area contributed by atoms with Crippen LogP contribution in [0.3, 0.4) is 0 Å². The van der Waals surface area contributed by atoms with Crippen LogP contribution in [0.15, 0.2) is 78.9 Å². The molecule has 3 aliphatic carbocycles. The highest BCUT2D eigenvalue weighted by Crippen LogP contribution is 2.55. The molecule has 6 rings (SSSR count). The molecule has 2 bridgehead atoms. The lowest BCUT2D eigenvalue weighted by atomic mass is 9.59. The van der Waals surface area contributed by atoms with Gasteiger partial charge in [0.05, 0.1) is 0 Å². The summed E-state index contributed by atoms with van der Waals surface area (Å²) in [5, 5.41) is 3.82. The summed E-state index contributed by atoms with van der Waals surface area (Å²) in [5.41, 5.74) is 7.60. The number of nitrogens with one attached hydrogen (secondary N) is 1. The van der Waals surface area contributed by atoms with Gasteiger partial charge in [0.25, 0.3) is 0 Å². The van der Waals surface area contributed by atoms with Gasteiger partial charge in [0.15, 0.2) is 0 Å². The third-order valence-electron chi connectivity index (χ3n) is 6.41. The number of hydrogen-bond donors (Lipinski definition) is 1. The zero-order valence-corrected chi connectivity index (χ0v) is 15.2. The Balaban J connectivity index is 1.44. The second kappa shape index (κ2) is 6.41. The highest BCUT2D eigenvalue weighted by atomic mass is 14.9. The van der Waals surface area contributed by atoms with E-state index < -0.39 is 0 Å². The molecule has 3 aliphatic rings. The van der Waals surface area contributed by atoms with Gasteiger partial charge in [0.2, 0.25) is 0 Å². The van der Waals surface area contributed by atoms with Crippen molar-refractivity contribution >= 4 is 0 Å². The monoisotopic (exact) mass is 339 g/mol. The molecule has 1 N–H and O–H groups in total. The van der Waals surface area contributed by atoms with E-state index in [1.54, 1.807) is 22.3 Å². The summed E-state index contributed by atoms with van der Waals surface area (Å²) in [6.07, 6.45) is 1.26. The summed E-state index contributed by atoms with van der Waals surface area (Å²) in [6.45, 7) is 3.35. The Morgan fingerprint density at radius 3 is 1.92 bits per heavy atom. The van der Waals surface area contributed by atoms with E-state index in [2.05, 4.69) is 91.1 Å². The van der Waals surface area contributed by atoms with Gasteiger partial charge in [-0.1, -0.05) is 78.9 Å². The van der Waals surface area contributed by atoms with Gasteiger partial charge in [-0.15, -0.1) is 0 Å². The fourth-order valence-corrected chi connectivity index (χ4v) is 5.15. The Labute approximate surface area is 156 Å². The summed E-state index contributed by atoms with van der Waals surface area (Å²) >= 11 is 0. The first kappa shape index (κ1) is 15.8. The van der Waals surface area contributed by atoms with Gasteiger partial charge in [-0.25, -0.2) is 0 Å².